The van der Waals surface area contributed by atoms with Crippen molar-refractivity contribution in [1.82, 2.24) is 14.8 Å². The van der Waals surface area contributed by atoms with E-state index in [1.54, 1.807) is 13.2 Å². The molecule has 0 radical (unpaired) electrons. The van der Waals surface area contributed by atoms with Crippen LogP contribution in [0.25, 0.3) is 10.9 Å². The molecule has 2 aliphatic heterocycles. The molecule has 0 unspecified atom stereocenters. The third kappa shape index (κ3) is 3.07. The Hall–Kier alpha value is -2.18. The number of β-amino-alcohol motifs (C(OH)–C–C–N with tert-alkyl or cyclic N) is 1. The molecule has 0 bridgehead atoms. The molecule has 3 heterocycles. The SMILES string of the molecule is COc1cc(C(=O)N2CCC(N3CC(O)C3)CC2)c2ccccc2n1. The molecule has 1 N–H and O–H groups in total. The Labute approximate surface area is 147 Å². The fourth-order valence-corrected chi connectivity index (χ4v) is 3.82. The number of likely N-dealkylation sites (tertiary alicyclic amines) is 2. The summed E-state index contributed by atoms with van der Waals surface area (Å²) in [6.07, 6.45) is 1.74. The quantitative estimate of drug-likeness (QED) is 0.917. The Morgan fingerprint density at radius 2 is 1.96 bits per heavy atom. The Kier molecular flexibility index (Phi) is 4.31. The van der Waals surface area contributed by atoms with E-state index < -0.39 is 0 Å². The molecule has 25 heavy (non-hydrogen) atoms. The van der Waals surface area contributed by atoms with Crippen molar-refractivity contribution in [1.29, 1.82) is 0 Å². The molecule has 1 amide bonds. The zero-order chi connectivity index (χ0) is 17.4. The summed E-state index contributed by atoms with van der Waals surface area (Å²) in [5.74, 6) is 0.505. The van der Waals surface area contributed by atoms with Gasteiger partial charge < -0.3 is 14.7 Å². The molecule has 6 nitrogen and oxygen atoms in total. The third-order valence-electron chi connectivity index (χ3n) is 5.29. The van der Waals surface area contributed by atoms with E-state index in [1.807, 2.05) is 29.2 Å². The summed E-state index contributed by atoms with van der Waals surface area (Å²) in [5, 5.41) is 10.3. The van der Waals surface area contributed by atoms with E-state index in [4.69, 9.17) is 4.74 Å². The highest BCUT2D eigenvalue weighted by Crippen LogP contribution is 2.26. The molecule has 2 fully saturated rings. The minimum Gasteiger partial charge on any atom is -0.481 e. The highest BCUT2D eigenvalue weighted by atomic mass is 16.5. The maximum absolute atomic E-state index is 13.1. The number of ether oxygens (including phenoxy) is 1. The van der Waals surface area contributed by atoms with Crippen molar-refractivity contribution in [2.45, 2.75) is 25.0 Å². The molecule has 4 rings (SSSR count). The number of carbonyl (C=O) groups is 1. The molecule has 2 saturated heterocycles. The number of aromatic nitrogens is 1. The van der Waals surface area contributed by atoms with Crippen LogP contribution in [0.4, 0.5) is 0 Å². The standard InChI is InChI=1S/C19H23N3O3/c1-25-18-10-16(15-4-2-3-5-17(15)20-18)19(24)21-8-6-13(7-9-21)22-11-14(23)12-22/h2-5,10,13-14,23H,6-9,11-12H2,1H3. The van der Waals surface area contributed by atoms with Gasteiger partial charge in [-0.05, 0) is 18.9 Å². The maximum atomic E-state index is 13.1. The lowest BCUT2D eigenvalue weighted by atomic mass is 9.97. The number of para-hydroxylation sites is 1. The number of aliphatic hydroxyl groups excluding tert-OH is 1. The van der Waals surface area contributed by atoms with Crippen molar-refractivity contribution in [3.05, 3.63) is 35.9 Å². The van der Waals surface area contributed by atoms with Crippen molar-refractivity contribution in [3.63, 3.8) is 0 Å². The van der Waals surface area contributed by atoms with Gasteiger partial charge in [0.1, 0.15) is 0 Å². The first-order valence-electron chi connectivity index (χ1n) is 8.81. The highest BCUT2D eigenvalue weighted by molar-refractivity contribution is 6.06. The Balaban J connectivity index is 1.52. The van der Waals surface area contributed by atoms with E-state index in [0.29, 0.717) is 17.5 Å². The van der Waals surface area contributed by atoms with Crippen molar-refractivity contribution in [3.8, 4) is 5.88 Å². The van der Waals surface area contributed by atoms with Gasteiger partial charge in [0.2, 0.25) is 5.88 Å². The second-order valence-electron chi connectivity index (χ2n) is 6.86. The number of amides is 1. The number of pyridine rings is 1. The third-order valence-corrected chi connectivity index (χ3v) is 5.29. The number of nitrogens with zero attached hydrogens (tertiary/aromatic N) is 3. The van der Waals surface area contributed by atoms with Gasteiger partial charge in [0.25, 0.3) is 5.91 Å². The van der Waals surface area contributed by atoms with E-state index in [2.05, 4.69) is 9.88 Å². The van der Waals surface area contributed by atoms with E-state index in [0.717, 1.165) is 49.9 Å². The van der Waals surface area contributed by atoms with Crippen LogP contribution < -0.4 is 4.74 Å². The number of aliphatic hydroxyl groups is 1. The zero-order valence-electron chi connectivity index (χ0n) is 14.4. The Morgan fingerprint density at radius 3 is 2.64 bits per heavy atom. The van der Waals surface area contributed by atoms with Crippen LogP contribution in [0.5, 0.6) is 5.88 Å². The van der Waals surface area contributed by atoms with Gasteiger partial charge >= 0.3 is 0 Å². The highest BCUT2D eigenvalue weighted by Gasteiger charge is 2.34. The van der Waals surface area contributed by atoms with Gasteiger partial charge in [0.15, 0.2) is 0 Å². The summed E-state index contributed by atoms with van der Waals surface area (Å²) in [7, 11) is 1.57. The molecule has 1 aromatic carbocycles. The van der Waals surface area contributed by atoms with Gasteiger partial charge in [-0.3, -0.25) is 9.69 Å². The second kappa shape index (κ2) is 6.61. The Bertz CT molecular complexity index is 781. The monoisotopic (exact) mass is 341 g/mol. The zero-order valence-corrected chi connectivity index (χ0v) is 14.4. The molecule has 6 heteroatoms. The van der Waals surface area contributed by atoms with Crippen molar-refractivity contribution < 1.29 is 14.6 Å². The first kappa shape index (κ1) is 16.3. The van der Waals surface area contributed by atoms with E-state index >= 15 is 0 Å². The summed E-state index contributed by atoms with van der Waals surface area (Å²) in [6.45, 7) is 3.03. The van der Waals surface area contributed by atoms with Gasteiger partial charge in [-0.1, -0.05) is 18.2 Å². The van der Waals surface area contributed by atoms with Gasteiger partial charge in [-0.25, -0.2) is 4.98 Å². The largest absolute Gasteiger partial charge is 0.481 e. The number of fused-ring (bicyclic) bond motifs is 1. The van der Waals surface area contributed by atoms with Crippen LogP contribution in [0.1, 0.15) is 23.2 Å². The summed E-state index contributed by atoms with van der Waals surface area (Å²) in [6, 6.07) is 9.89. The predicted molar refractivity (Wildman–Crippen MR) is 94.8 cm³/mol. The predicted octanol–water partition coefficient (Wildman–Crippen LogP) is 1.52. The molecule has 0 atom stereocenters. The van der Waals surface area contributed by atoms with Gasteiger partial charge in [0, 0.05) is 43.7 Å². The minimum absolute atomic E-state index is 0.0407. The normalized spacial score (nSPS) is 19.8. The molecular formula is C19H23N3O3. The topological polar surface area (TPSA) is 65.9 Å². The number of hydrogen-bond acceptors (Lipinski definition) is 5. The fourth-order valence-electron chi connectivity index (χ4n) is 3.82. The lowest BCUT2D eigenvalue weighted by molar-refractivity contribution is -0.0381. The number of rotatable bonds is 3. The average molecular weight is 341 g/mol. The number of hydrogen-bond donors (Lipinski definition) is 1. The van der Waals surface area contributed by atoms with Crippen molar-refractivity contribution in [2.75, 3.05) is 33.3 Å². The molecule has 1 aromatic heterocycles. The van der Waals surface area contributed by atoms with Crippen LogP contribution in [0, 0.1) is 0 Å². The van der Waals surface area contributed by atoms with Gasteiger partial charge in [-0.2, -0.15) is 0 Å². The molecule has 2 aromatic rings. The maximum Gasteiger partial charge on any atom is 0.254 e. The van der Waals surface area contributed by atoms with Gasteiger partial charge in [0.05, 0.1) is 24.3 Å². The Morgan fingerprint density at radius 1 is 1.24 bits per heavy atom. The van der Waals surface area contributed by atoms with Crippen molar-refractivity contribution >= 4 is 16.8 Å². The number of piperidine rings is 1. The fraction of sp³-hybridized carbons (Fsp3) is 0.474. The molecule has 0 aliphatic carbocycles. The average Bonchev–Trinajstić information content (AvgIpc) is 2.64. The van der Waals surface area contributed by atoms with Crippen LogP contribution in [0.3, 0.4) is 0 Å². The number of benzene rings is 1. The second-order valence-corrected chi connectivity index (χ2v) is 6.86. The first-order valence-corrected chi connectivity index (χ1v) is 8.81. The first-order chi connectivity index (χ1) is 12.2. The van der Waals surface area contributed by atoms with Crippen LogP contribution in [0.2, 0.25) is 0 Å². The molecule has 0 spiro atoms. The van der Waals surface area contributed by atoms with E-state index in [-0.39, 0.29) is 12.0 Å². The molecule has 0 saturated carbocycles. The summed E-state index contributed by atoms with van der Waals surface area (Å²) in [4.78, 5) is 21.7. The van der Waals surface area contributed by atoms with Gasteiger partial charge in [-0.15, -0.1) is 0 Å². The van der Waals surface area contributed by atoms with Crippen LogP contribution in [-0.4, -0.2) is 71.2 Å². The van der Waals surface area contributed by atoms with E-state index in [9.17, 15) is 9.90 Å². The summed E-state index contributed by atoms with van der Waals surface area (Å²) in [5.41, 5.74) is 1.43. The smallest absolute Gasteiger partial charge is 0.254 e. The number of carbonyl (C=O) groups excluding carboxylic acids is 1. The minimum atomic E-state index is -0.171. The van der Waals surface area contributed by atoms with Crippen molar-refractivity contribution in [2.24, 2.45) is 0 Å². The summed E-state index contributed by atoms with van der Waals surface area (Å²) < 4.78 is 5.27. The molecular weight excluding hydrogens is 318 g/mol. The van der Waals surface area contributed by atoms with Crippen LogP contribution >= 0.6 is 0 Å². The van der Waals surface area contributed by atoms with E-state index in [1.165, 1.54) is 0 Å². The lowest BCUT2D eigenvalue weighted by Crippen LogP contribution is -2.58. The van der Waals surface area contributed by atoms with Crippen LogP contribution in [-0.2, 0) is 0 Å². The molecule has 132 valence electrons. The number of methoxy groups -OCH3 is 1. The molecule has 2 aliphatic rings. The van der Waals surface area contributed by atoms with Crippen LogP contribution in [0.15, 0.2) is 30.3 Å². The lowest BCUT2D eigenvalue weighted by Gasteiger charge is -2.45. The summed E-state index contributed by atoms with van der Waals surface area (Å²) >= 11 is 0.